The van der Waals surface area contributed by atoms with E-state index in [1.165, 1.54) is 12.7 Å². The summed E-state index contributed by atoms with van der Waals surface area (Å²) >= 11 is 0. The lowest BCUT2D eigenvalue weighted by Crippen LogP contribution is -2.23. The van der Waals surface area contributed by atoms with Crippen LogP contribution in [0.2, 0.25) is 0 Å². The van der Waals surface area contributed by atoms with Gasteiger partial charge in [-0.2, -0.15) is 0 Å². The Morgan fingerprint density at radius 2 is 1.59 bits per heavy atom. The van der Waals surface area contributed by atoms with E-state index in [9.17, 15) is 9.90 Å². The van der Waals surface area contributed by atoms with Gasteiger partial charge in [-0.05, 0) is 89.7 Å². The number of hydrogen-bond acceptors (Lipinski definition) is 4. The van der Waals surface area contributed by atoms with Crippen molar-refractivity contribution in [3.05, 3.63) is 129 Å². The van der Waals surface area contributed by atoms with E-state index in [0.717, 1.165) is 27.9 Å². The number of phenols is 1. The van der Waals surface area contributed by atoms with Crippen LogP contribution in [0.4, 0.5) is 0 Å². The van der Waals surface area contributed by atoms with Crippen LogP contribution in [0.25, 0.3) is 28.7 Å². The number of fused-ring (bicyclic) bond motifs is 1. The molecule has 0 saturated heterocycles. The van der Waals surface area contributed by atoms with Crippen LogP contribution in [0, 0.1) is 18.8 Å². The SMILES string of the molecule is COc1cc(C=Cc2nc3ccccc3c(=O)n2-c2ccc(C#Cc3ccc(C(C)(C)C)cc3)cc2C)ccc1O. The smallest absolute Gasteiger partial charge is 0.266 e. The summed E-state index contributed by atoms with van der Waals surface area (Å²) in [5.74, 6) is 7.43. The number of ether oxygens (including phenoxy) is 1. The van der Waals surface area contributed by atoms with Crippen molar-refractivity contribution in [1.29, 1.82) is 0 Å². The molecule has 5 aromatic rings. The van der Waals surface area contributed by atoms with Crippen molar-refractivity contribution in [3.63, 3.8) is 0 Å². The summed E-state index contributed by atoms with van der Waals surface area (Å²) in [6.07, 6.45) is 3.64. The van der Waals surface area contributed by atoms with Crippen LogP contribution in [-0.2, 0) is 5.41 Å². The molecule has 0 amide bonds. The zero-order chi connectivity index (χ0) is 29.1. The Bertz CT molecular complexity index is 1900. The first-order valence-electron chi connectivity index (χ1n) is 13.4. The molecule has 0 saturated carbocycles. The van der Waals surface area contributed by atoms with Gasteiger partial charge in [0.2, 0.25) is 0 Å². The van der Waals surface area contributed by atoms with Crippen molar-refractivity contribution in [2.24, 2.45) is 0 Å². The molecule has 1 N–H and O–H groups in total. The van der Waals surface area contributed by atoms with Gasteiger partial charge in [0.25, 0.3) is 5.56 Å². The minimum absolute atomic E-state index is 0.0612. The van der Waals surface area contributed by atoms with Gasteiger partial charge in [-0.1, -0.05) is 69.0 Å². The number of para-hydroxylation sites is 1. The molecule has 1 heterocycles. The predicted molar refractivity (Wildman–Crippen MR) is 167 cm³/mol. The lowest BCUT2D eigenvalue weighted by atomic mass is 9.87. The zero-order valence-corrected chi connectivity index (χ0v) is 23.9. The summed E-state index contributed by atoms with van der Waals surface area (Å²) in [6, 6.07) is 26.6. The fourth-order valence-electron chi connectivity index (χ4n) is 4.65. The Morgan fingerprint density at radius 3 is 2.29 bits per heavy atom. The fraction of sp³-hybridized carbons (Fsp3) is 0.167. The van der Waals surface area contributed by atoms with Crippen LogP contribution in [0.5, 0.6) is 11.5 Å². The summed E-state index contributed by atoms with van der Waals surface area (Å²) in [7, 11) is 1.50. The topological polar surface area (TPSA) is 64.3 Å². The van der Waals surface area contributed by atoms with E-state index >= 15 is 0 Å². The van der Waals surface area contributed by atoms with Gasteiger partial charge < -0.3 is 9.84 Å². The molecule has 4 aromatic carbocycles. The van der Waals surface area contributed by atoms with Crippen LogP contribution >= 0.6 is 0 Å². The molecule has 0 fully saturated rings. The number of benzene rings is 4. The maximum atomic E-state index is 13.8. The average molecular weight is 541 g/mol. The first kappa shape index (κ1) is 27.5. The Labute approximate surface area is 240 Å². The molecule has 0 radical (unpaired) electrons. The lowest BCUT2D eigenvalue weighted by molar-refractivity contribution is 0.373. The zero-order valence-electron chi connectivity index (χ0n) is 23.9. The highest BCUT2D eigenvalue weighted by Gasteiger charge is 2.14. The molecule has 5 nitrogen and oxygen atoms in total. The Morgan fingerprint density at radius 1 is 0.878 bits per heavy atom. The average Bonchev–Trinajstić information content (AvgIpc) is 2.96. The van der Waals surface area contributed by atoms with E-state index in [-0.39, 0.29) is 16.7 Å². The van der Waals surface area contributed by atoms with Crippen molar-refractivity contribution >= 4 is 23.1 Å². The summed E-state index contributed by atoms with van der Waals surface area (Å²) in [4.78, 5) is 18.6. The van der Waals surface area contributed by atoms with E-state index in [1.807, 2.05) is 49.4 Å². The van der Waals surface area contributed by atoms with Crippen molar-refractivity contribution in [1.82, 2.24) is 9.55 Å². The normalized spacial score (nSPS) is 11.4. The molecule has 0 unspecified atom stereocenters. The van der Waals surface area contributed by atoms with E-state index < -0.39 is 0 Å². The highest BCUT2D eigenvalue weighted by atomic mass is 16.5. The van der Waals surface area contributed by atoms with Gasteiger partial charge in [0.05, 0.1) is 23.7 Å². The van der Waals surface area contributed by atoms with Gasteiger partial charge >= 0.3 is 0 Å². The first-order valence-corrected chi connectivity index (χ1v) is 13.4. The number of aryl methyl sites for hydroxylation is 1. The Kier molecular flexibility index (Phi) is 7.50. The number of rotatable bonds is 4. The molecule has 0 spiro atoms. The van der Waals surface area contributed by atoms with Gasteiger partial charge in [0, 0.05) is 11.1 Å². The third-order valence-corrected chi connectivity index (χ3v) is 6.97. The molecule has 5 heteroatoms. The van der Waals surface area contributed by atoms with Crippen molar-refractivity contribution in [2.45, 2.75) is 33.1 Å². The fourth-order valence-corrected chi connectivity index (χ4v) is 4.65. The molecule has 1 aromatic heterocycles. The largest absolute Gasteiger partial charge is 0.504 e. The van der Waals surface area contributed by atoms with E-state index in [4.69, 9.17) is 9.72 Å². The molecular formula is C36H32N2O3. The molecule has 0 aliphatic heterocycles. The molecule has 0 aliphatic rings. The van der Waals surface area contributed by atoms with Gasteiger partial charge in [0.15, 0.2) is 11.5 Å². The van der Waals surface area contributed by atoms with Crippen LogP contribution in [0.1, 0.15) is 54.4 Å². The van der Waals surface area contributed by atoms with E-state index in [0.29, 0.717) is 22.5 Å². The second-order valence-electron chi connectivity index (χ2n) is 11.0. The monoisotopic (exact) mass is 540 g/mol. The summed E-state index contributed by atoms with van der Waals surface area (Å²) in [5, 5.41) is 10.5. The molecule has 204 valence electrons. The maximum absolute atomic E-state index is 13.8. The summed E-state index contributed by atoms with van der Waals surface area (Å²) in [5.41, 5.74) is 6.08. The predicted octanol–water partition coefficient (Wildman–Crippen LogP) is 7.28. The quantitative estimate of drug-likeness (QED) is 0.243. The van der Waals surface area contributed by atoms with Crippen molar-refractivity contribution in [3.8, 4) is 29.0 Å². The van der Waals surface area contributed by atoms with Crippen molar-refractivity contribution < 1.29 is 9.84 Å². The number of hydrogen-bond donors (Lipinski definition) is 1. The van der Waals surface area contributed by atoms with Gasteiger partial charge in [-0.15, -0.1) is 0 Å². The molecule has 41 heavy (non-hydrogen) atoms. The Hall–Kier alpha value is -5.08. The van der Waals surface area contributed by atoms with Crippen molar-refractivity contribution in [2.75, 3.05) is 7.11 Å². The minimum atomic E-state index is -0.153. The first-order chi connectivity index (χ1) is 19.6. The molecule has 0 atom stereocenters. The number of methoxy groups -OCH3 is 1. The van der Waals surface area contributed by atoms with Crippen LogP contribution in [-0.4, -0.2) is 21.8 Å². The van der Waals surface area contributed by atoms with Crippen LogP contribution < -0.4 is 10.3 Å². The molecule has 0 aliphatic carbocycles. The van der Waals surface area contributed by atoms with E-state index in [2.05, 4.69) is 56.9 Å². The summed E-state index contributed by atoms with van der Waals surface area (Å²) in [6.45, 7) is 8.55. The molecular weight excluding hydrogens is 508 g/mol. The highest BCUT2D eigenvalue weighted by molar-refractivity contribution is 5.80. The van der Waals surface area contributed by atoms with Gasteiger partial charge in [-0.3, -0.25) is 9.36 Å². The minimum Gasteiger partial charge on any atom is -0.504 e. The van der Waals surface area contributed by atoms with Gasteiger partial charge in [0.1, 0.15) is 5.82 Å². The van der Waals surface area contributed by atoms with Crippen LogP contribution in [0.15, 0.2) is 89.7 Å². The molecule has 0 bridgehead atoms. The second-order valence-corrected chi connectivity index (χ2v) is 11.0. The number of phenolic OH excluding ortho intramolecular Hbond substituents is 1. The third kappa shape index (κ3) is 5.92. The van der Waals surface area contributed by atoms with Crippen LogP contribution in [0.3, 0.4) is 0 Å². The standard InChI is InChI=1S/C36H32N2O3/c1-24-22-26(11-10-25-12-17-28(18-13-25)36(2,3)4)14-19-31(24)38-34(37-30-9-7-6-8-29(30)35(38)40)21-16-27-15-20-32(39)33(23-27)41-5/h6-9,12-23,39H,1-5H3. The summed E-state index contributed by atoms with van der Waals surface area (Å²) < 4.78 is 6.87. The Balaban J connectivity index is 1.55. The number of aromatic nitrogens is 2. The number of aromatic hydroxyl groups is 1. The van der Waals surface area contributed by atoms with E-state index in [1.54, 1.807) is 34.9 Å². The molecule has 5 rings (SSSR count). The second kappa shape index (κ2) is 11.2. The maximum Gasteiger partial charge on any atom is 0.266 e. The van der Waals surface area contributed by atoms with Gasteiger partial charge in [-0.25, -0.2) is 4.98 Å². The third-order valence-electron chi connectivity index (χ3n) is 6.97. The number of nitrogens with zero attached hydrogens (tertiary/aromatic N) is 2. The highest BCUT2D eigenvalue weighted by Crippen LogP contribution is 2.27. The lowest BCUT2D eigenvalue weighted by Gasteiger charge is -2.18.